The molecule has 5 rings (SSSR count). The Hall–Kier alpha value is -4.53. The van der Waals surface area contributed by atoms with Crippen LogP contribution in [0.25, 0.3) is 21.8 Å². The SMILES string of the molecule is C[C@@H](Oc1cccc2ncnc(Nc3ccc4c(cnn4Cc4cccc(F)c4)c3)c12)C(=O)O. The molecule has 0 unspecified atom stereocenters. The molecular formula is C25H20FN5O3. The maximum absolute atomic E-state index is 13.5. The number of hydrogen-bond acceptors (Lipinski definition) is 6. The normalized spacial score (nSPS) is 12.1. The van der Waals surface area contributed by atoms with Gasteiger partial charge in [-0.2, -0.15) is 5.10 Å². The van der Waals surface area contributed by atoms with E-state index in [4.69, 9.17) is 4.74 Å². The van der Waals surface area contributed by atoms with Crippen LogP contribution >= 0.6 is 0 Å². The van der Waals surface area contributed by atoms with Crippen LogP contribution in [0.3, 0.4) is 0 Å². The molecule has 170 valence electrons. The summed E-state index contributed by atoms with van der Waals surface area (Å²) in [7, 11) is 0. The Morgan fingerprint density at radius 3 is 2.82 bits per heavy atom. The number of carbonyl (C=O) groups is 1. The second-order valence-corrected chi connectivity index (χ2v) is 7.80. The van der Waals surface area contributed by atoms with Crippen LogP contribution in [0.1, 0.15) is 12.5 Å². The van der Waals surface area contributed by atoms with Crippen LogP contribution in [0.4, 0.5) is 15.9 Å². The number of aromatic nitrogens is 4. The highest BCUT2D eigenvalue weighted by Gasteiger charge is 2.17. The lowest BCUT2D eigenvalue weighted by atomic mass is 10.2. The number of ether oxygens (including phenoxy) is 1. The first kappa shape index (κ1) is 21.3. The third-order valence-electron chi connectivity index (χ3n) is 5.40. The van der Waals surface area contributed by atoms with Crippen LogP contribution in [0.5, 0.6) is 5.75 Å². The van der Waals surface area contributed by atoms with Crippen molar-refractivity contribution in [2.75, 3.05) is 5.32 Å². The van der Waals surface area contributed by atoms with Gasteiger partial charge in [-0.15, -0.1) is 0 Å². The van der Waals surface area contributed by atoms with Crippen molar-refractivity contribution in [3.8, 4) is 5.75 Å². The van der Waals surface area contributed by atoms with Gasteiger partial charge in [-0.05, 0) is 55.0 Å². The molecule has 34 heavy (non-hydrogen) atoms. The third-order valence-corrected chi connectivity index (χ3v) is 5.40. The van der Waals surface area contributed by atoms with Crippen LogP contribution in [-0.4, -0.2) is 36.9 Å². The van der Waals surface area contributed by atoms with E-state index in [1.807, 2.05) is 28.9 Å². The van der Waals surface area contributed by atoms with Gasteiger partial charge in [-0.25, -0.2) is 19.2 Å². The van der Waals surface area contributed by atoms with Crippen LogP contribution in [0, 0.1) is 5.82 Å². The van der Waals surface area contributed by atoms with Gasteiger partial charge in [-0.3, -0.25) is 4.68 Å². The summed E-state index contributed by atoms with van der Waals surface area (Å²) < 4.78 is 21.0. The standard InChI is InChI=1S/C25H20FN5O3/c1-15(25(32)33)34-22-7-3-6-20-23(22)24(28-14-27-20)30-19-8-9-21-17(11-19)12-29-31(21)13-16-4-2-5-18(26)10-16/h2-12,14-15H,13H2,1H3,(H,32,33)(H,27,28,30)/t15-/m1/s1. The molecule has 0 aliphatic carbocycles. The van der Waals surface area contributed by atoms with Gasteiger partial charge < -0.3 is 15.2 Å². The second kappa shape index (κ2) is 8.78. The van der Waals surface area contributed by atoms with E-state index in [2.05, 4.69) is 20.4 Å². The molecule has 5 aromatic rings. The Bertz CT molecular complexity index is 1510. The molecule has 2 aromatic heterocycles. The van der Waals surface area contributed by atoms with E-state index in [-0.39, 0.29) is 5.82 Å². The highest BCUT2D eigenvalue weighted by molar-refractivity contribution is 5.96. The zero-order valence-electron chi connectivity index (χ0n) is 18.1. The second-order valence-electron chi connectivity index (χ2n) is 7.80. The van der Waals surface area contributed by atoms with Crippen molar-refractivity contribution in [3.63, 3.8) is 0 Å². The molecule has 0 aliphatic heterocycles. The Balaban J connectivity index is 1.46. The average Bonchev–Trinajstić information content (AvgIpc) is 3.21. The third kappa shape index (κ3) is 4.23. The maximum atomic E-state index is 13.5. The number of anilines is 2. The lowest BCUT2D eigenvalue weighted by molar-refractivity contribution is -0.144. The van der Waals surface area contributed by atoms with E-state index >= 15 is 0 Å². The summed E-state index contributed by atoms with van der Waals surface area (Å²) in [4.78, 5) is 19.9. The molecule has 0 saturated carbocycles. The van der Waals surface area contributed by atoms with Gasteiger partial charge >= 0.3 is 5.97 Å². The Morgan fingerprint density at radius 2 is 2.00 bits per heavy atom. The largest absolute Gasteiger partial charge is 0.479 e. The lowest BCUT2D eigenvalue weighted by Gasteiger charge is -2.15. The van der Waals surface area contributed by atoms with Crippen molar-refractivity contribution in [2.24, 2.45) is 0 Å². The molecule has 1 atom stereocenters. The highest BCUT2D eigenvalue weighted by Crippen LogP contribution is 2.32. The molecule has 0 fully saturated rings. The number of carboxylic acid groups (broad SMARTS) is 1. The Morgan fingerprint density at radius 1 is 1.15 bits per heavy atom. The van der Waals surface area contributed by atoms with E-state index in [1.54, 1.807) is 30.5 Å². The van der Waals surface area contributed by atoms with E-state index in [0.29, 0.717) is 29.0 Å². The minimum absolute atomic E-state index is 0.279. The predicted molar refractivity (Wildman–Crippen MR) is 126 cm³/mol. The molecule has 0 aliphatic rings. The molecule has 2 N–H and O–H groups in total. The number of fused-ring (bicyclic) bond motifs is 2. The molecule has 0 saturated heterocycles. The van der Waals surface area contributed by atoms with Crippen molar-refractivity contribution >= 4 is 39.3 Å². The number of rotatable bonds is 7. The van der Waals surface area contributed by atoms with Crippen molar-refractivity contribution in [3.05, 3.63) is 84.6 Å². The fraction of sp³-hybridized carbons (Fsp3) is 0.120. The van der Waals surface area contributed by atoms with E-state index in [9.17, 15) is 14.3 Å². The summed E-state index contributed by atoms with van der Waals surface area (Å²) in [5.74, 6) is -0.480. The number of nitrogens with zero attached hydrogens (tertiary/aromatic N) is 4. The maximum Gasteiger partial charge on any atom is 0.344 e. The van der Waals surface area contributed by atoms with Gasteiger partial charge in [0.1, 0.15) is 23.7 Å². The summed E-state index contributed by atoms with van der Waals surface area (Å²) >= 11 is 0. The first-order valence-electron chi connectivity index (χ1n) is 10.6. The fourth-order valence-electron chi connectivity index (χ4n) is 3.75. The molecule has 9 heteroatoms. The molecule has 2 heterocycles. The number of carboxylic acids is 1. The topological polar surface area (TPSA) is 102 Å². The molecule has 0 radical (unpaired) electrons. The van der Waals surface area contributed by atoms with Gasteiger partial charge in [0.15, 0.2) is 6.10 Å². The van der Waals surface area contributed by atoms with Crippen LogP contribution in [0.15, 0.2) is 73.2 Å². The lowest BCUT2D eigenvalue weighted by Crippen LogP contribution is -2.23. The van der Waals surface area contributed by atoms with E-state index in [1.165, 1.54) is 25.4 Å². The average molecular weight is 457 g/mol. The quantitative estimate of drug-likeness (QED) is 0.363. The molecule has 0 bridgehead atoms. The summed E-state index contributed by atoms with van der Waals surface area (Å²) in [5, 5.41) is 18.4. The van der Waals surface area contributed by atoms with Crippen molar-refractivity contribution in [1.29, 1.82) is 0 Å². The first-order chi connectivity index (χ1) is 16.5. The monoisotopic (exact) mass is 457 g/mol. The molecular weight excluding hydrogens is 437 g/mol. The van der Waals surface area contributed by atoms with Crippen LogP contribution < -0.4 is 10.1 Å². The zero-order chi connectivity index (χ0) is 23.7. The van der Waals surface area contributed by atoms with Crippen molar-refractivity contribution < 1.29 is 19.0 Å². The fourth-order valence-corrected chi connectivity index (χ4v) is 3.75. The van der Waals surface area contributed by atoms with Crippen molar-refractivity contribution in [2.45, 2.75) is 19.6 Å². The summed E-state index contributed by atoms with van der Waals surface area (Å²) in [5.41, 5.74) is 3.11. The Kier molecular flexibility index (Phi) is 5.51. The van der Waals surface area contributed by atoms with Gasteiger partial charge in [0.25, 0.3) is 0 Å². The van der Waals surface area contributed by atoms with Crippen molar-refractivity contribution in [1.82, 2.24) is 19.7 Å². The molecule has 8 nitrogen and oxygen atoms in total. The number of nitrogens with one attached hydrogen (secondary N) is 1. The van der Waals surface area contributed by atoms with Gasteiger partial charge in [0.05, 0.1) is 29.2 Å². The number of hydrogen-bond donors (Lipinski definition) is 2. The van der Waals surface area contributed by atoms with E-state index in [0.717, 1.165) is 22.2 Å². The minimum Gasteiger partial charge on any atom is -0.479 e. The molecule has 0 spiro atoms. The molecule has 3 aromatic carbocycles. The number of benzene rings is 3. The van der Waals surface area contributed by atoms with E-state index < -0.39 is 12.1 Å². The van der Waals surface area contributed by atoms with Crippen LogP contribution in [-0.2, 0) is 11.3 Å². The predicted octanol–water partition coefficient (Wildman–Crippen LogP) is 4.76. The first-order valence-corrected chi connectivity index (χ1v) is 10.6. The smallest absolute Gasteiger partial charge is 0.344 e. The zero-order valence-corrected chi connectivity index (χ0v) is 18.1. The number of halogens is 1. The number of aliphatic carboxylic acids is 1. The Labute approximate surface area is 193 Å². The van der Waals surface area contributed by atoms with Gasteiger partial charge in [0, 0.05) is 11.1 Å². The van der Waals surface area contributed by atoms with Crippen LogP contribution in [0.2, 0.25) is 0 Å². The summed E-state index contributed by atoms with van der Waals surface area (Å²) in [6.07, 6.45) is 2.16. The highest BCUT2D eigenvalue weighted by atomic mass is 19.1. The minimum atomic E-state index is -1.07. The van der Waals surface area contributed by atoms with Gasteiger partial charge in [0.2, 0.25) is 0 Å². The summed E-state index contributed by atoms with van der Waals surface area (Å²) in [6.45, 7) is 1.92. The summed E-state index contributed by atoms with van der Waals surface area (Å²) in [6, 6.07) is 17.4. The van der Waals surface area contributed by atoms with Gasteiger partial charge in [-0.1, -0.05) is 18.2 Å². The molecule has 0 amide bonds.